The minimum Gasteiger partial charge on any atom is -0.352 e. The van der Waals surface area contributed by atoms with Gasteiger partial charge in [-0.05, 0) is 36.8 Å². The number of halogens is 1. The Hall–Kier alpha value is -1.44. The minimum absolute atomic E-state index is 0. The molecule has 2 aromatic rings. The molecule has 0 bridgehead atoms. The van der Waals surface area contributed by atoms with E-state index in [1.807, 2.05) is 17.5 Å². The van der Waals surface area contributed by atoms with Crippen LogP contribution in [-0.4, -0.2) is 35.2 Å². The first-order valence-corrected chi connectivity index (χ1v) is 8.97. The van der Waals surface area contributed by atoms with Crippen LogP contribution in [0.25, 0.3) is 10.7 Å². The highest BCUT2D eigenvalue weighted by molar-refractivity contribution is 7.13. The maximum absolute atomic E-state index is 12.0. The van der Waals surface area contributed by atoms with E-state index >= 15 is 0 Å². The molecule has 0 spiro atoms. The summed E-state index contributed by atoms with van der Waals surface area (Å²) < 4.78 is 5.24. The van der Waals surface area contributed by atoms with E-state index in [9.17, 15) is 4.79 Å². The summed E-state index contributed by atoms with van der Waals surface area (Å²) in [6.45, 7) is 4.09. The van der Waals surface area contributed by atoms with E-state index in [4.69, 9.17) is 4.52 Å². The van der Waals surface area contributed by atoms with Crippen LogP contribution in [0.4, 0.5) is 0 Å². The van der Waals surface area contributed by atoms with Crippen molar-refractivity contribution in [2.45, 2.75) is 38.6 Å². The van der Waals surface area contributed by atoms with Crippen molar-refractivity contribution in [3.8, 4) is 10.7 Å². The Balaban J connectivity index is 0.00000208. The first kappa shape index (κ1) is 18.9. The lowest BCUT2D eigenvalue weighted by Gasteiger charge is -2.30. The second-order valence-corrected chi connectivity index (χ2v) is 6.93. The molecule has 0 saturated carbocycles. The number of rotatable bonds is 6. The van der Waals surface area contributed by atoms with Crippen LogP contribution in [-0.2, 0) is 11.2 Å². The number of hydrogen-bond donors (Lipinski definition) is 2. The van der Waals surface area contributed by atoms with E-state index in [-0.39, 0.29) is 24.4 Å². The summed E-state index contributed by atoms with van der Waals surface area (Å²) in [5.74, 6) is 1.85. The van der Waals surface area contributed by atoms with E-state index in [1.165, 1.54) is 0 Å². The quantitative estimate of drug-likeness (QED) is 0.817. The monoisotopic (exact) mass is 370 g/mol. The van der Waals surface area contributed by atoms with Gasteiger partial charge in [-0.15, -0.1) is 23.7 Å². The molecular weight excluding hydrogens is 348 g/mol. The molecule has 2 N–H and O–H groups in total. The van der Waals surface area contributed by atoms with E-state index in [0.29, 0.717) is 36.9 Å². The highest BCUT2D eigenvalue weighted by atomic mass is 35.5. The van der Waals surface area contributed by atoms with Crippen LogP contribution in [0.5, 0.6) is 0 Å². The topological polar surface area (TPSA) is 80.0 Å². The van der Waals surface area contributed by atoms with Gasteiger partial charge in [0.05, 0.1) is 4.88 Å². The Bertz CT molecular complexity index is 632. The predicted molar refractivity (Wildman–Crippen MR) is 96.4 cm³/mol. The normalized spacial score (nSPS) is 20.4. The van der Waals surface area contributed by atoms with Gasteiger partial charge in [0, 0.05) is 25.4 Å². The fraction of sp³-hybridized carbons (Fsp3) is 0.562. The number of aryl methyl sites for hydroxylation is 1. The number of nitrogens with zero attached hydrogens (tertiary/aromatic N) is 2. The van der Waals surface area contributed by atoms with Crippen LogP contribution in [0.15, 0.2) is 22.0 Å². The highest BCUT2D eigenvalue weighted by Gasteiger charge is 2.22. The van der Waals surface area contributed by atoms with Crippen molar-refractivity contribution in [3.63, 3.8) is 0 Å². The standard InChI is InChI=1S/C16H22N4O2S.ClH/c1-11-7-8-17-10-12(11)18-14(21)5-2-6-15-19-16(20-22-15)13-4-3-9-23-13;/h3-4,9,11-12,17H,2,5-8,10H2,1H3,(H,18,21);1H. The summed E-state index contributed by atoms with van der Waals surface area (Å²) in [5, 5.41) is 12.4. The molecule has 3 heterocycles. The number of nitrogens with one attached hydrogen (secondary N) is 2. The van der Waals surface area contributed by atoms with E-state index < -0.39 is 0 Å². The van der Waals surface area contributed by atoms with Gasteiger partial charge < -0.3 is 15.2 Å². The third kappa shape index (κ3) is 5.03. The average molecular weight is 371 g/mol. The molecule has 1 fully saturated rings. The zero-order valence-corrected chi connectivity index (χ0v) is 15.3. The van der Waals surface area contributed by atoms with E-state index in [1.54, 1.807) is 11.3 Å². The second-order valence-electron chi connectivity index (χ2n) is 5.99. The molecule has 1 aliphatic heterocycles. The lowest BCUT2D eigenvalue weighted by molar-refractivity contribution is -0.122. The van der Waals surface area contributed by atoms with Gasteiger partial charge in [-0.2, -0.15) is 4.98 Å². The van der Waals surface area contributed by atoms with E-state index in [0.717, 1.165) is 24.4 Å². The van der Waals surface area contributed by atoms with Gasteiger partial charge in [-0.1, -0.05) is 18.1 Å². The molecule has 0 aromatic carbocycles. The van der Waals surface area contributed by atoms with Gasteiger partial charge in [0.1, 0.15) is 0 Å². The van der Waals surface area contributed by atoms with Crippen LogP contribution in [0, 0.1) is 5.92 Å². The van der Waals surface area contributed by atoms with Crippen molar-refractivity contribution in [1.82, 2.24) is 20.8 Å². The lowest BCUT2D eigenvalue weighted by atomic mass is 9.94. The Morgan fingerprint density at radius 3 is 3.17 bits per heavy atom. The van der Waals surface area contributed by atoms with Gasteiger partial charge in [-0.3, -0.25) is 4.79 Å². The van der Waals surface area contributed by atoms with Crippen molar-refractivity contribution >= 4 is 29.7 Å². The highest BCUT2D eigenvalue weighted by Crippen LogP contribution is 2.21. The molecule has 2 unspecified atom stereocenters. The molecular formula is C16H23ClN4O2S. The first-order chi connectivity index (χ1) is 11.2. The molecule has 1 aliphatic rings. The van der Waals surface area contributed by atoms with Gasteiger partial charge in [0.25, 0.3) is 0 Å². The zero-order chi connectivity index (χ0) is 16.1. The maximum Gasteiger partial charge on any atom is 0.226 e. The number of thiophene rings is 1. The Labute approximate surface area is 151 Å². The third-order valence-electron chi connectivity index (χ3n) is 4.18. The van der Waals surface area contributed by atoms with Crippen molar-refractivity contribution in [3.05, 3.63) is 23.4 Å². The van der Waals surface area contributed by atoms with Gasteiger partial charge in [-0.25, -0.2) is 0 Å². The molecule has 24 heavy (non-hydrogen) atoms. The molecule has 0 aliphatic carbocycles. The minimum atomic E-state index is 0. The maximum atomic E-state index is 12.0. The summed E-state index contributed by atoms with van der Waals surface area (Å²) in [4.78, 5) is 17.4. The van der Waals surface area contributed by atoms with Crippen LogP contribution >= 0.6 is 23.7 Å². The Morgan fingerprint density at radius 1 is 1.54 bits per heavy atom. The number of carbonyl (C=O) groups is 1. The number of amides is 1. The van der Waals surface area contributed by atoms with Gasteiger partial charge in [0.15, 0.2) is 0 Å². The molecule has 3 rings (SSSR count). The Kier molecular flexibility index (Phi) is 7.20. The predicted octanol–water partition coefficient (Wildman–Crippen LogP) is 2.66. The van der Waals surface area contributed by atoms with Crippen LogP contribution in [0.2, 0.25) is 0 Å². The summed E-state index contributed by atoms with van der Waals surface area (Å²) in [5.41, 5.74) is 0. The molecule has 2 atom stereocenters. The summed E-state index contributed by atoms with van der Waals surface area (Å²) in [6, 6.07) is 4.17. The number of carbonyl (C=O) groups excluding carboxylic acids is 1. The zero-order valence-electron chi connectivity index (χ0n) is 13.7. The smallest absolute Gasteiger partial charge is 0.226 e. The summed E-state index contributed by atoms with van der Waals surface area (Å²) in [7, 11) is 0. The van der Waals surface area contributed by atoms with Crippen molar-refractivity contribution in [2.75, 3.05) is 13.1 Å². The molecule has 8 heteroatoms. The number of aromatic nitrogens is 2. The van der Waals surface area contributed by atoms with Crippen molar-refractivity contribution in [2.24, 2.45) is 5.92 Å². The summed E-state index contributed by atoms with van der Waals surface area (Å²) in [6.07, 6.45) is 2.94. The fourth-order valence-corrected chi connectivity index (χ4v) is 3.37. The first-order valence-electron chi connectivity index (χ1n) is 8.09. The molecule has 132 valence electrons. The Morgan fingerprint density at radius 2 is 2.42 bits per heavy atom. The van der Waals surface area contributed by atoms with Crippen molar-refractivity contribution in [1.29, 1.82) is 0 Å². The third-order valence-corrected chi connectivity index (χ3v) is 5.04. The molecule has 2 aromatic heterocycles. The molecule has 6 nitrogen and oxygen atoms in total. The van der Waals surface area contributed by atoms with Crippen LogP contribution in [0.1, 0.15) is 32.1 Å². The van der Waals surface area contributed by atoms with Crippen LogP contribution in [0.3, 0.4) is 0 Å². The fourth-order valence-electron chi connectivity index (χ4n) is 2.72. The largest absolute Gasteiger partial charge is 0.352 e. The second kappa shape index (κ2) is 9.15. The average Bonchev–Trinajstić information content (AvgIpc) is 3.20. The molecule has 1 amide bonds. The van der Waals surface area contributed by atoms with Crippen molar-refractivity contribution < 1.29 is 9.32 Å². The number of piperidine rings is 1. The SMILES string of the molecule is CC1CCNCC1NC(=O)CCCc1nc(-c2cccs2)no1.Cl. The number of hydrogen-bond acceptors (Lipinski definition) is 6. The summed E-state index contributed by atoms with van der Waals surface area (Å²) >= 11 is 1.58. The van der Waals surface area contributed by atoms with Gasteiger partial charge in [0.2, 0.25) is 17.6 Å². The van der Waals surface area contributed by atoms with Crippen LogP contribution < -0.4 is 10.6 Å². The molecule has 1 saturated heterocycles. The molecule has 0 radical (unpaired) electrons. The van der Waals surface area contributed by atoms with E-state index in [2.05, 4.69) is 27.7 Å². The lowest BCUT2D eigenvalue weighted by Crippen LogP contribution is -2.50. The van der Waals surface area contributed by atoms with Gasteiger partial charge >= 0.3 is 0 Å².